The zero-order valence-corrected chi connectivity index (χ0v) is 24.3. The molecule has 2 aromatic carbocycles. The molecule has 2 aromatic rings. The summed E-state index contributed by atoms with van der Waals surface area (Å²) in [6.07, 6.45) is 11.5. The van der Waals surface area contributed by atoms with Gasteiger partial charge in [0, 0.05) is 12.0 Å². The molecule has 4 aliphatic carbocycles. The first-order valence-electron chi connectivity index (χ1n) is 14.8. The Morgan fingerprint density at radius 3 is 2.08 bits per heavy atom. The smallest absolute Gasteiger partial charge is 0.241 e. The van der Waals surface area contributed by atoms with E-state index in [2.05, 4.69) is 31.3 Å². The Morgan fingerprint density at radius 1 is 0.923 bits per heavy atom. The summed E-state index contributed by atoms with van der Waals surface area (Å²) < 4.78 is 33.4. The summed E-state index contributed by atoms with van der Waals surface area (Å²) in [6, 6.07) is 15.7. The number of carbonyl (C=O) groups is 1. The van der Waals surface area contributed by atoms with Gasteiger partial charge in [-0.15, -0.1) is 0 Å². The SMILES string of the molecule is CCC1(CC)CC(NC(=O)CN(c2ccc(C34CC5CC(CC(C5)C3)C4)cc2)S(C)(=O)=O)c2ccccc2O1. The average Bonchev–Trinajstić information content (AvgIpc) is 2.90. The summed E-state index contributed by atoms with van der Waals surface area (Å²) in [5.74, 6) is 3.02. The fraction of sp³-hybridized carbons (Fsp3) is 0.594. The lowest BCUT2D eigenvalue weighted by Crippen LogP contribution is -2.48. The molecular formula is C32H42N2O4S. The zero-order chi connectivity index (χ0) is 27.4. The molecule has 1 aliphatic heterocycles. The summed E-state index contributed by atoms with van der Waals surface area (Å²) in [5, 5.41) is 3.15. The van der Waals surface area contributed by atoms with Gasteiger partial charge in [0.25, 0.3) is 0 Å². The summed E-state index contributed by atoms with van der Waals surface area (Å²) in [6.45, 7) is 3.96. The van der Waals surface area contributed by atoms with Crippen molar-refractivity contribution in [3.8, 4) is 5.75 Å². The Bertz CT molecular complexity index is 1300. The number of benzene rings is 2. The lowest BCUT2D eigenvalue weighted by Gasteiger charge is -2.57. The van der Waals surface area contributed by atoms with Crippen LogP contribution in [0.1, 0.15) is 88.8 Å². The Kier molecular flexibility index (Phi) is 6.72. The van der Waals surface area contributed by atoms with E-state index in [1.165, 1.54) is 54.6 Å². The van der Waals surface area contributed by atoms with Crippen molar-refractivity contribution in [2.75, 3.05) is 17.1 Å². The Hall–Kier alpha value is -2.54. The van der Waals surface area contributed by atoms with Crippen molar-refractivity contribution >= 4 is 21.6 Å². The van der Waals surface area contributed by atoms with Gasteiger partial charge < -0.3 is 10.1 Å². The molecule has 4 saturated carbocycles. The molecule has 7 heteroatoms. The number of hydrogen-bond donors (Lipinski definition) is 1. The number of rotatable bonds is 8. The van der Waals surface area contributed by atoms with Gasteiger partial charge in [0.05, 0.1) is 18.0 Å². The molecule has 4 fully saturated rings. The molecule has 39 heavy (non-hydrogen) atoms. The maximum atomic E-state index is 13.4. The third-order valence-electron chi connectivity index (χ3n) is 10.3. The van der Waals surface area contributed by atoms with Crippen molar-refractivity contribution in [3.05, 3.63) is 59.7 Å². The highest BCUT2D eigenvalue weighted by Gasteiger charge is 2.51. The summed E-state index contributed by atoms with van der Waals surface area (Å²) >= 11 is 0. The molecule has 0 aromatic heterocycles. The van der Waals surface area contributed by atoms with Crippen LogP contribution in [0.3, 0.4) is 0 Å². The minimum Gasteiger partial charge on any atom is -0.487 e. The van der Waals surface area contributed by atoms with E-state index < -0.39 is 10.0 Å². The number of nitrogens with zero attached hydrogens (tertiary/aromatic N) is 1. The first-order chi connectivity index (χ1) is 18.6. The van der Waals surface area contributed by atoms with Crippen LogP contribution < -0.4 is 14.4 Å². The molecule has 6 nitrogen and oxygen atoms in total. The Morgan fingerprint density at radius 2 is 1.51 bits per heavy atom. The molecule has 7 rings (SSSR count). The normalized spacial score (nSPS) is 30.3. The van der Waals surface area contributed by atoms with Crippen LogP contribution in [-0.2, 0) is 20.2 Å². The van der Waals surface area contributed by atoms with Gasteiger partial charge >= 0.3 is 0 Å². The standard InChI is InChI=1S/C32H42N2O4S/c1-4-32(5-2)20-28(27-8-6-7-9-29(27)38-32)33-30(35)21-34(39(3,36)37)26-12-10-25(11-13-26)31-17-22-14-23(18-31)16-24(15-22)19-31/h6-13,22-24,28H,4-5,14-21H2,1-3H3,(H,33,35). The fourth-order valence-electron chi connectivity index (χ4n) is 8.65. The number of anilines is 1. The van der Waals surface area contributed by atoms with Crippen molar-refractivity contribution in [3.63, 3.8) is 0 Å². The van der Waals surface area contributed by atoms with Gasteiger partial charge in [-0.2, -0.15) is 0 Å². The van der Waals surface area contributed by atoms with Gasteiger partial charge in [-0.1, -0.05) is 44.2 Å². The third-order valence-corrected chi connectivity index (χ3v) is 11.5. The number of ether oxygens (including phenoxy) is 1. The van der Waals surface area contributed by atoms with Crippen LogP contribution >= 0.6 is 0 Å². The molecule has 1 atom stereocenters. The largest absolute Gasteiger partial charge is 0.487 e. The number of hydrogen-bond acceptors (Lipinski definition) is 4. The van der Waals surface area contributed by atoms with E-state index in [1.54, 1.807) is 0 Å². The monoisotopic (exact) mass is 550 g/mol. The number of amides is 1. The second kappa shape index (κ2) is 9.83. The second-order valence-corrected chi connectivity index (χ2v) is 14.8. The van der Waals surface area contributed by atoms with Crippen molar-refractivity contribution in [2.24, 2.45) is 17.8 Å². The van der Waals surface area contributed by atoms with Gasteiger partial charge in [0.1, 0.15) is 17.9 Å². The maximum Gasteiger partial charge on any atom is 0.241 e. The maximum absolute atomic E-state index is 13.4. The predicted molar refractivity (Wildman–Crippen MR) is 154 cm³/mol. The summed E-state index contributed by atoms with van der Waals surface area (Å²) in [7, 11) is -3.66. The molecule has 0 spiro atoms. The minimum absolute atomic E-state index is 0.234. The van der Waals surface area contributed by atoms with Crippen molar-refractivity contribution < 1.29 is 17.9 Å². The second-order valence-electron chi connectivity index (χ2n) is 12.9. The molecule has 4 bridgehead atoms. The number of nitrogens with one attached hydrogen (secondary N) is 1. The highest BCUT2D eigenvalue weighted by molar-refractivity contribution is 7.92. The molecule has 0 saturated heterocycles. The molecule has 5 aliphatic rings. The van der Waals surface area contributed by atoms with E-state index in [1.807, 2.05) is 36.4 Å². The molecule has 0 radical (unpaired) electrons. The van der Waals surface area contributed by atoms with E-state index >= 15 is 0 Å². The fourth-order valence-corrected chi connectivity index (χ4v) is 9.50. The van der Waals surface area contributed by atoms with Crippen LogP contribution in [0.2, 0.25) is 0 Å². The van der Waals surface area contributed by atoms with E-state index in [0.717, 1.165) is 41.9 Å². The zero-order valence-electron chi connectivity index (χ0n) is 23.5. The van der Waals surface area contributed by atoms with Crippen LogP contribution in [0.15, 0.2) is 48.5 Å². The van der Waals surface area contributed by atoms with Crippen LogP contribution in [0.4, 0.5) is 5.69 Å². The highest BCUT2D eigenvalue weighted by Crippen LogP contribution is 2.60. The van der Waals surface area contributed by atoms with Gasteiger partial charge in [-0.25, -0.2) is 8.42 Å². The molecule has 1 amide bonds. The molecule has 210 valence electrons. The Labute approximate surface area is 233 Å². The molecule has 1 N–H and O–H groups in total. The Balaban J connectivity index is 1.21. The molecule has 1 unspecified atom stereocenters. The topological polar surface area (TPSA) is 75.7 Å². The van der Waals surface area contributed by atoms with E-state index in [9.17, 15) is 13.2 Å². The van der Waals surface area contributed by atoms with Crippen molar-refractivity contribution in [1.29, 1.82) is 0 Å². The highest BCUT2D eigenvalue weighted by atomic mass is 32.2. The van der Waals surface area contributed by atoms with E-state index in [0.29, 0.717) is 12.1 Å². The predicted octanol–water partition coefficient (Wildman–Crippen LogP) is 6.12. The number of fused-ring (bicyclic) bond motifs is 1. The average molecular weight is 551 g/mol. The molecular weight excluding hydrogens is 508 g/mol. The summed E-state index contributed by atoms with van der Waals surface area (Å²) in [4.78, 5) is 13.4. The molecule has 1 heterocycles. The first kappa shape index (κ1) is 26.7. The minimum atomic E-state index is -3.66. The van der Waals surface area contributed by atoms with Crippen LogP contribution in [0, 0.1) is 17.8 Å². The first-order valence-corrected chi connectivity index (χ1v) is 16.6. The van der Waals surface area contributed by atoms with Crippen LogP contribution in [-0.4, -0.2) is 32.7 Å². The number of carbonyl (C=O) groups excluding carboxylic acids is 1. The van der Waals surface area contributed by atoms with Crippen molar-refractivity contribution in [1.82, 2.24) is 5.32 Å². The lowest BCUT2D eigenvalue weighted by molar-refractivity contribution is -0.121. The van der Waals surface area contributed by atoms with E-state index in [4.69, 9.17) is 4.74 Å². The van der Waals surface area contributed by atoms with Gasteiger partial charge in [-0.3, -0.25) is 9.10 Å². The number of para-hydroxylation sites is 1. The lowest BCUT2D eigenvalue weighted by atomic mass is 9.48. The summed E-state index contributed by atoms with van der Waals surface area (Å²) in [5.41, 5.74) is 2.73. The van der Waals surface area contributed by atoms with Crippen LogP contribution in [0.25, 0.3) is 0 Å². The third kappa shape index (κ3) is 4.96. The van der Waals surface area contributed by atoms with Gasteiger partial charge in [-0.05, 0) is 98.3 Å². The number of sulfonamides is 1. The van der Waals surface area contributed by atoms with Gasteiger partial charge in [0.2, 0.25) is 15.9 Å². The van der Waals surface area contributed by atoms with E-state index in [-0.39, 0.29) is 29.5 Å². The quantitative estimate of drug-likeness (QED) is 0.430. The van der Waals surface area contributed by atoms with Crippen LogP contribution in [0.5, 0.6) is 5.75 Å². The van der Waals surface area contributed by atoms with Crippen molar-refractivity contribution in [2.45, 2.75) is 88.7 Å². The van der Waals surface area contributed by atoms with Gasteiger partial charge in [0.15, 0.2) is 0 Å².